The third-order valence-corrected chi connectivity index (χ3v) is 3.19. The fourth-order valence-corrected chi connectivity index (χ4v) is 2.25. The molecule has 0 amide bonds. The predicted molar refractivity (Wildman–Crippen MR) is 76.4 cm³/mol. The van der Waals surface area contributed by atoms with Crippen LogP contribution in [0.2, 0.25) is 0 Å². The summed E-state index contributed by atoms with van der Waals surface area (Å²) in [5.74, 6) is 0.445. The normalized spacial score (nSPS) is 12.3. The van der Waals surface area contributed by atoms with Crippen molar-refractivity contribution in [3.63, 3.8) is 0 Å². The highest BCUT2D eigenvalue weighted by Gasteiger charge is 2.18. The van der Waals surface area contributed by atoms with Crippen LogP contribution in [0.25, 0.3) is 10.9 Å². The van der Waals surface area contributed by atoms with Crippen LogP contribution in [0.1, 0.15) is 17.3 Å². The van der Waals surface area contributed by atoms with Crippen LogP contribution in [0.15, 0.2) is 48.9 Å². The second kappa shape index (κ2) is 5.22. The van der Waals surface area contributed by atoms with E-state index >= 15 is 0 Å². The summed E-state index contributed by atoms with van der Waals surface area (Å²) in [6, 6.07) is 9.36. The average Bonchev–Trinajstić information content (AvgIpc) is 2.53. The van der Waals surface area contributed by atoms with Gasteiger partial charge < -0.3 is 10.5 Å². The number of hydrogen-bond donors (Lipinski definition) is 1. The zero-order valence-electron chi connectivity index (χ0n) is 11.0. The number of fused-ring (bicyclic) bond motifs is 1. The zero-order valence-corrected chi connectivity index (χ0v) is 11.0. The van der Waals surface area contributed by atoms with E-state index in [1.807, 2.05) is 30.3 Å². The fourth-order valence-electron chi connectivity index (χ4n) is 2.25. The Labute approximate surface area is 116 Å². The molecule has 2 heterocycles. The summed E-state index contributed by atoms with van der Waals surface area (Å²) in [7, 11) is 1.56. The molecule has 1 unspecified atom stereocenters. The molecule has 0 aliphatic rings. The first-order chi connectivity index (χ1) is 9.81. The molecule has 0 fully saturated rings. The first-order valence-electron chi connectivity index (χ1n) is 6.25. The third kappa shape index (κ3) is 2.08. The molecule has 0 radical (unpaired) electrons. The van der Waals surface area contributed by atoms with Gasteiger partial charge in [0, 0.05) is 24.0 Å². The van der Waals surface area contributed by atoms with Crippen molar-refractivity contribution < 1.29 is 4.74 Å². The Bertz CT molecular complexity index is 739. The van der Waals surface area contributed by atoms with Crippen LogP contribution in [0.5, 0.6) is 5.88 Å². The highest BCUT2D eigenvalue weighted by molar-refractivity contribution is 5.82. The fraction of sp³-hybridized carbons (Fsp3) is 0.133. The van der Waals surface area contributed by atoms with Crippen LogP contribution in [0.3, 0.4) is 0 Å². The summed E-state index contributed by atoms with van der Waals surface area (Å²) in [6.07, 6.45) is 4.96. The largest absolute Gasteiger partial charge is 0.480 e. The Hall–Kier alpha value is -2.53. The Kier molecular flexibility index (Phi) is 3.26. The van der Waals surface area contributed by atoms with Gasteiger partial charge in [-0.2, -0.15) is 0 Å². The van der Waals surface area contributed by atoms with Crippen molar-refractivity contribution in [1.82, 2.24) is 15.0 Å². The lowest BCUT2D eigenvalue weighted by Crippen LogP contribution is -2.15. The highest BCUT2D eigenvalue weighted by atomic mass is 16.5. The SMILES string of the molecule is COc1nccnc1C(N)c1cccc2ncccc12. The molecule has 1 atom stereocenters. The molecule has 2 aromatic heterocycles. The molecule has 0 saturated carbocycles. The van der Waals surface area contributed by atoms with Crippen LogP contribution in [-0.4, -0.2) is 22.1 Å². The van der Waals surface area contributed by atoms with Gasteiger partial charge in [0.15, 0.2) is 0 Å². The molecule has 0 aliphatic heterocycles. The summed E-state index contributed by atoms with van der Waals surface area (Å²) in [6.45, 7) is 0. The summed E-state index contributed by atoms with van der Waals surface area (Å²) in [5, 5.41) is 1.01. The minimum absolute atomic E-state index is 0.411. The molecule has 5 heteroatoms. The van der Waals surface area contributed by atoms with E-state index in [9.17, 15) is 0 Å². The topological polar surface area (TPSA) is 73.9 Å². The van der Waals surface area contributed by atoms with Crippen molar-refractivity contribution in [2.24, 2.45) is 5.73 Å². The molecule has 0 bridgehead atoms. The van der Waals surface area contributed by atoms with Gasteiger partial charge >= 0.3 is 0 Å². The minimum Gasteiger partial charge on any atom is -0.480 e. The molecule has 3 aromatic rings. The molecule has 20 heavy (non-hydrogen) atoms. The third-order valence-electron chi connectivity index (χ3n) is 3.19. The van der Waals surface area contributed by atoms with Gasteiger partial charge in [-0.05, 0) is 17.7 Å². The van der Waals surface area contributed by atoms with Crippen molar-refractivity contribution in [1.29, 1.82) is 0 Å². The lowest BCUT2D eigenvalue weighted by Gasteiger charge is -2.15. The molecule has 3 rings (SSSR count). The van der Waals surface area contributed by atoms with E-state index in [0.717, 1.165) is 16.5 Å². The van der Waals surface area contributed by atoms with E-state index in [4.69, 9.17) is 10.5 Å². The number of benzene rings is 1. The standard InChI is InChI=1S/C15H14N4O/c1-20-15-14(18-8-9-19-15)13(16)11-4-2-6-12-10(11)5-3-7-17-12/h2-9,13H,16H2,1H3. The lowest BCUT2D eigenvalue weighted by molar-refractivity contribution is 0.387. The smallest absolute Gasteiger partial charge is 0.237 e. The maximum Gasteiger partial charge on any atom is 0.237 e. The number of nitrogens with zero attached hydrogens (tertiary/aromatic N) is 3. The number of pyridine rings is 1. The Balaban J connectivity index is 2.15. The second-order valence-electron chi connectivity index (χ2n) is 4.35. The quantitative estimate of drug-likeness (QED) is 0.785. The van der Waals surface area contributed by atoms with E-state index in [-0.39, 0.29) is 0 Å². The van der Waals surface area contributed by atoms with Gasteiger partial charge in [0.2, 0.25) is 5.88 Å². The molecular formula is C15H14N4O. The monoisotopic (exact) mass is 266 g/mol. The molecule has 0 saturated heterocycles. The molecule has 2 N–H and O–H groups in total. The molecular weight excluding hydrogens is 252 g/mol. The van der Waals surface area contributed by atoms with Crippen LogP contribution in [-0.2, 0) is 0 Å². The number of ether oxygens (including phenoxy) is 1. The summed E-state index contributed by atoms with van der Waals surface area (Å²) in [4.78, 5) is 12.8. The van der Waals surface area contributed by atoms with Crippen LogP contribution >= 0.6 is 0 Å². The van der Waals surface area contributed by atoms with Crippen molar-refractivity contribution in [2.45, 2.75) is 6.04 Å². The second-order valence-corrected chi connectivity index (χ2v) is 4.35. The Morgan fingerprint density at radius 3 is 2.70 bits per heavy atom. The molecule has 5 nitrogen and oxygen atoms in total. The van der Waals surface area contributed by atoms with E-state index < -0.39 is 6.04 Å². The van der Waals surface area contributed by atoms with Gasteiger partial charge in [-0.3, -0.25) is 9.97 Å². The van der Waals surface area contributed by atoms with Crippen LogP contribution in [0.4, 0.5) is 0 Å². The van der Waals surface area contributed by atoms with Gasteiger partial charge in [0.1, 0.15) is 5.69 Å². The van der Waals surface area contributed by atoms with Gasteiger partial charge in [-0.1, -0.05) is 18.2 Å². The number of nitrogens with two attached hydrogens (primary N) is 1. The first kappa shape index (κ1) is 12.5. The first-order valence-corrected chi connectivity index (χ1v) is 6.25. The number of methoxy groups -OCH3 is 1. The lowest BCUT2D eigenvalue weighted by atomic mass is 9.99. The van der Waals surface area contributed by atoms with Crippen molar-refractivity contribution in [3.05, 3.63) is 60.2 Å². The van der Waals surface area contributed by atoms with E-state index in [0.29, 0.717) is 11.6 Å². The van der Waals surface area contributed by atoms with Crippen LogP contribution < -0.4 is 10.5 Å². The average molecular weight is 266 g/mol. The zero-order chi connectivity index (χ0) is 13.9. The van der Waals surface area contributed by atoms with Gasteiger partial charge in [-0.15, -0.1) is 0 Å². The Morgan fingerprint density at radius 1 is 1.00 bits per heavy atom. The van der Waals surface area contributed by atoms with Crippen LogP contribution in [0, 0.1) is 0 Å². The minimum atomic E-state index is -0.411. The predicted octanol–water partition coefficient (Wildman–Crippen LogP) is 2.08. The number of hydrogen-bond acceptors (Lipinski definition) is 5. The van der Waals surface area contributed by atoms with Crippen molar-refractivity contribution >= 4 is 10.9 Å². The van der Waals surface area contributed by atoms with Gasteiger partial charge in [-0.25, -0.2) is 4.98 Å². The van der Waals surface area contributed by atoms with Crippen molar-refractivity contribution in [2.75, 3.05) is 7.11 Å². The summed E-state index contributed by atoms with van der Waals surface area (Å²) in [5.41, 5.74) is 8.82. The van der Waals surface area contributed by atoms with E-state index in [2.05, 4.69) is 15.0 Å². The number of aromatic nitrogens is 3. The molecule has 0 spiro atoms. The van der Waals surface area contributed by atoms with Crippen molar-refractivity contribution in [3.8, 4) is 5.88 Å². The molecule has 100 valence electrons. The summed E-state index contributed by atoms with van der Waals surface area (Å²) < 4.78 is 5.23. The summed E-state index contributed by atoms with van der Waals surface area (Å²) >= 11 is 0. The highest BCUT2D eigenvalue weighted by Crippen LogP contribution is 2.28. The molecule has 0 aliphatic carbocycles. The van der Waals surface area contributed by atoms with E-state index in [1.165, 1.54) is 0 Å². The Morgan fingerprint density at radius 2 is 1.85 bits per heavy atom. The van der Waals surface area contributed by atoms with Gasteiger partial charge in [0.05, 0.1) is 18.7 Å². The maximum atomic E-state index is 6.35. The van der Waals surface area contributed by atoms with E-state index in [1.54, 1.807) is 25.7 Å². The van der Waals surface area contributed by atoms with Gasteiger partial charge in [0.25, 0.3) is 0 Å². The number of rotatable bonds is 3. The maximum absolute atomic E-state index is 6.35. The molecule has 1 aromatic carbocycles.